The number of fused-ring (bicyclic) bond motifs is 1. The zero-order valence-corrected chi connectivity index (χ0v) is 16.3. The fourth-order valence-electron chi connectivity index (χ4n) is 2.27. The quantitative estimate of drug-likeness (QED) is 0.335. The van der Waals surface area contributed by atoms with E-state index in [4.69, 9.17) is 16.3 Å². The molecule has 3 aromatic rings. The number of hydrogen-bond donors (Lipinski definition) is 2. The van der Waals surface area contributed by atoms with Gasteiger partial charge in [0.25, 0.3) is 5.91 Å². The molecule has 0 saturated carbocycles. The number of thioether (sulfide) groups is 1. The third-order valence-electron chi connectivity index (χ3n) is 3.53. The number of hydrazone groups is 1. The lowest BCUT2D eigenvalue weighted by Crippen LogP contribution is -2.19. The Morgan fingerprint density at radius 2 is 2.22 bits per heavy atom. The summed E-state index contributed by atoms with van der Waals surface area (Å²) in [5.41, 5.74) is 5.09. The molecule has 0 fully saturated rings. The van der Waals surface area contributed by atoms with Crippen LogP contribution in [0.15, 0.2) is 52.7 Å². The fraction of sp³-hybridized carbons (Fsp3) is 0.211. The number of amides is 1. The van der Waals surface area contributed by atoms with Crippen molar-refractivity contribution in [1.29, 1.82) is 0 Å². The minimum absolute atomic E-state index is 0.210. The number of carbonyl (C=O) groups excluding carboxylic acids is 1. The average Bonchev–Trinajstić information content (AvgIpc) is 3.09. The van der Waals surface area contributed by atoms with E-state index < -0.39 is 0 Å². The number of rotatable bonds is 8. The molecule has 8 heteroatoms. The lowest BCUT2D eigenvalue weighted by Gasteiger charge is -2.06. The van der Waals surface area contributed by atoms with Gasteiger partial charge in [0.05, 0.1) is 34.6 Å². The highest BCUT2D eigenvalue weighted by Gasteiger charge is 2.06. The highest BCUT2D eigenvalue weighted by Crippen LogP contribution is 2.25. The highest BCUT2D eigenvalue weighted by molar-refractivity contribution is 7.99. The van der Waals surface area contributed by atoms with Crippen molar-refractivity contribution in [2.45, 2.75) is 18.5 Å². The zero-order valence-electron chi connectivity index (χ0n) is 14.7. The van der Waals surface area contributed by atoms with E-state index >= 15 is 0 Å². The number of nitrogens with one attached hydrogen (secondary N) is 2. The second-order valence-corrected chi connectivity index (χ2v) is 7.05. The van der Waals surface area contributed by atoms with Crippen molar-refractivity contribution < 1.29 is 9.53 Å². The van der Waals surface area contributed by atoms with E-state index in [-0.39, 0.29) is 11.7 Å². The van der Waals surface area contributed by atoms with Gasteiger partial charge in [0.1, 0.15) is 5.75 Å². The molecule has 27 heavy (non-hydrogen) atoms. The van der Waals surface area contributed by atoms with Crippen LogP contribution in [0.1, 0.15) is 18.9 Å². The molecule has 0 atom stereocenters. The van der Waals surface area contributed by atoms with Crippen LogP contribution in [0.2, 0.25) is 5.02 Å². The normalized spacial score (nSPS) is 11.2. The predicted molar refractivity (Wildman–Crippen MR) is 110 cm³/mol. The molecule has 140 valence electrons. The monoisotopic (exact) mass is 402 g/mol. The van der Waals surface area contributed by atoms with E-state index in [0.29, 0.717) is 22.5 Å². The first-order valence-electron chi connectivity index (χ1n) is 8.47. The minimum Gasteiger partial charge on any atom is -0.492 e. The number of nitrogens with zero attached hydrogens (tertiary/aromatic N) is 2. The molecular weight excluding hydrogens is 384 g/mol. The van der Waals surface area contributed by atoms with Crippen LogP contribution in [-0.2, 0) is 4.79 Å². The van der Waals surface area contributed by atoms with Gasteiger partial charge in [-0.05, 0) is 42.3 Å². The molecule has 1 aromatic heterocycles. The summed E-state index contributed by atoms with van der Waals surface area (Å²) < 4.78 is 5.52. The largest absolute Gasteiger partial charge is 0.492 e. The van der Waals surface area contributed by atoms with E-state index in [2.05, 4.69) is 20.5 Å². The van der Waals surface area contributed by atoms with Crippen LogP contribution in [0.25, 0.3) is 11.0 Å². The van der Waals surface area contributed by atoms with Crippen LogP contribution in [-0.4, -0.2) is 34.4 Å². The van der Waals surface area contributed by atoms with E-state index in [1.807, 2.05) is 37.3 Å². The van der Waals surface area contributed by atoms with Gasteiger partial charge in [-0.3, -0.25) is 4.79 Å². The third-order valence-corrected chi connectivity index (χ3v) is 4.70. The Labute approximate surface area is 166 Å². The fourth-order valence-corrected chi connectivity index (χ4v) is 3.19. The molecule has 6 nitrogen and oxygen atoms in total. The van der Waals surface area contributed by atoms with Gasteiger partial charge in [0.15, 0.2) is 5.16 Å². The number of ether oxygens (including phenoxy) is 1. The first-order valence-corrected chi connectivity index (χ1v) is 9.84. The van der Waals surface area contributed by atoms with Crippen LogP contribution < -0.4 is 10.2 Å². The van der Waals surface area contributed by atoms with Gasteiger partial charge in [0, 0.05) is 0 Å². The third kappa shape index (κ3) is 5.48. The maximum atomic E-state index is 11.9. The summed E-state index contributed by atoms with van der Waals surface area (Å²) >= 11 is 7.49. The molecule has 3 rings (SSSR count). The van der Waals surface area contributed by atoms with Gasteiger partial charge < -0.3 is 9.72 Å². The number of aromatic amines is 1. The summed E-state index contributed by atoms with van der Waals surface area (Å²) in [6.07, 6.45) is 2.46. The predicted octanol–water partition coefficient (Wildman–Crippen LogP) is 4.25. The molecule has 2 N–H and O–H groups in total. The van der Waals surface area contributed by atoms with Gasteiger partial charge in [0.2, 0.25) is 0 Å². The zero-order chi connectivity index (χ0) is 19.1. The van der Waals surface area contributed by atoms with Crippen LogP contribution in [0, 0.1) is 0 Å². The van der Waals surface area contributed by atoms with Crippen LogP contribution >= 0.6 is 23.4 Å². The lowest BCUT2D eigenvalue weighted by molar-refractivity contribution is -0.118. The van der Waals surface area contributed by atoms with Crippen LogP contribution in [0.4, 0.5) is 0 Å². The smallest absolute Gasteiger partial charge is 0.250 e. The summed E-state index contributed by atoms with van der Waals surface area (Å²) in [6, 6.07) is 13.1. The van der Waals surface area contributed by atoms with Gasteiger partial charge >= 0.3 is 0 Å². The molecule has 0 unspecified atom stereocenters. The van der Waals surface area contributed by atoms with E-state index in [1.54, 1.807) is 18.3 Å². The molecule has 0 spiro atoms. The first-order chi connectivity index (χ1) is 13.2. The highest BCUT2D eigenvalue weighted by atomic mass is 35.5. The number of halogens is 1. The number of imidazole rings is 1. The second kappa shape index (κ2) is 9.43. The van der Waals surface area contributed by atoms with Crippen molar-refractivity contribution in [3.05, 3.63) is 53.1 Å². The van der Waals surface area contributed by atoms with Crippen LogP contribution in [0.3, 0.4) is 0 Å². The Morgan fingerprint density at radius 1 is 1.37 bits per heavy atom. The Kier molecular flexibility index (Phi) is 6.73. The molecule has 0 bridgehead atoms. The molecule has 0 saturated heterocycles. The maximum Gasteiger partial charge on any atom is 0.250 e. The average molecular weight is 403 g/mol. The van der Waals surface area contributed by atoms with Crippen molar-refractivity contribution >= 4 is 46.5 Å². The van der Waals surface area contributed by atoms with Crippen molar-refractivity contribution in [3.8, 4) is 5.75 Å². The molecule has 1 amide bonds. The molecule has 2 aromatic carbocycles. The Hall–Kier alpha value is -2.51. The minimum atomic E-state index is -0.217. The molecule has 0 aliphatic rings. The Morgan fingerprint density at radius 3 is 3.00 bits per heavy atom. The number of benzene rings is 2. The van der Waals surface area contributed by atoms with Gasteiger partial charge in [-0.25, -0.2) is 10.4 Å². The summed E-state index contributed by atoms with van der Waals surface area (Å²) in [5, 5.41) is 5.17. The summed E-state index contributed by atoms with van der Waals surface area (Å²) in [4.78, 5) is 19.5. The molecule has 0 aliphatic heterocycles. The van der Waals surface area contributed by atoms with Gasteiger partial charge in [-0.1, -0.05) is 42.4 Å². The number of hydrogen-bond acceptors (Lipinski definition) is 5. The summed E-state index contributed by atoms with van der Waals surface area (Å²) in [7, 11) is 0. The number of carbonyl (C=O) groups is 1. The van der Waals surface area contributed by atoms with Crippen LogP contribution in [0.5, 0.6) is 5.75 Å². The second-order valence-electron chi connectivity index (χ2n) is 5.68. The van der Waals surface area contributed by atoms with Crippen molar-refractivity contribution in [2.24, 2.45) is 5.10 Å². The lowest BCUT2D eigenvalue weighted by atomic mass is 10.2. The molecule has 1 heterocycles. The maximum absolute atomic E-state index is 11.9. The Bertz CT molecular complexity index is 925. The summed E-state index contributed by atoms with van der Waals surface area (Å²) in [5.74, 6) is 0.634. The SMILES string of the molecule is CCCOc1ccc(/C=N\NC(=O)CSc2nc3ccccc3[nH]2)cc1Cl. The topological polar surface area (TPSA) is 79.4 Å². The van der Waals surface area contributed by atoms with E-state index in [9.17, 15) is 4.79 Å². The van der Waals surface area contributed by atoms with Gasteiger partial charge in [-0.15, -0.1) is 0 Å². The number of H-pyrrole nitrogens is 1. The van der Waals surface area contributed by atoms with Gasteiger partial charge in [-0.2, -0.15) is 5.10 Å². The molecule has 0 aliphatic carbocycles. The molecular formula is C19H19ClN4O2S. The number of aromatic nitrogens is 2. The van der Waals surface area contributed by atoms with E-state index in [1.165, 1.54) is 11.8 Å². The van der Waals surface area contributed by atoms with E-state index in [0.717, 1.165) is 23.0 Å². The van der Waals surface area contributed by atoms with Crippen molar-refractivity contribution in [3.63, 3.8) is 0 Å². The first kappa shape index (κ1) is 19.3. The van der Waals surface area contributed by atoms with Crippen molar-refractivity contribution in [2.75, 3.05) is 12.4 Å². The Balaban J connectivity index is 1.49. The summed E-state index contributed by atoms with van der Waals surface area (Å²) in [6.45, 7) is 2.65. The standard InChI is InChI=1S/C19H19ClN4O2S/c1-2-9-26-17-8-7-13(10-14(17)20)11-21-24-18(25)12-27-19-22-15-5-3-4-6-16(15)23-19/h3-8,10-11H,2,9,12H2,1H3,(H,22,23)(H,24,25)/b21-11-. The number of para-hydroxylation sites is 2. The molecule has 0 radical (unpaired) electrons. The van der Waals surface area contributed by atoms with Crippen molar-refractivity contribution in [1.82, 2.24) is 15.4 Å².